The number of rotatable bonds is 2. The van der Waals surface area contributed by atoms with E-state index >= 15 is 0 Å². The lowest BCUT2D eigenvalue weighted by Gasteiger charge is -2.36. The quantitative estimate of drug-likeness (QED) is 0.881. The van der Waals surface area contributed by atoms with E-state index in [1.165, 1.54) is 6.42 Å². The number of carboxylic acid groups (broad SMARTS) is 1. The molecule has 0 aromatic carbocycles. The Morgan fingerprint density at radius 1 is 1.32 bits per heavy atom. The Bertz CT molecular complexity index is 457. The highest BCUT2D eigenvalue weighted by Gasteiger charge is 2.50. The van der Waals surface area contributed by atoms with Crippen molar-refractivity contribution in [1.29, 1.82) is 0 Å². The van der Waals surface area contributed by atoms with E-state index in [2.05, 4.69) is 14.9 Å². The predicted molar refractivity (Wildman–Crippen MR) is 70.9 cm³/mol. The van der Waals surface area contributed by atoms with Crippen molar-refractivity contribution in [2.45, 2.75) is 32.1 Å². The number of anilines is 1. The van der Waals surface area contributed by atoms with Gasteiger partial charge in [-0.15, -0.1) is 0 Å². The lowest BCUT2D eigenvalue weighted by atomic mass is 9.68. The standard InChI is InChI=1S/C14H19N3O2/c18-13(19)11-9-17(12-8-15-6-7-16-12)10-14(11)4-2-1-3-5-14/h6-8,11H,1-5,9-10H2,(H,18,19)/t11-/m0/s1. The van der Waals surface area contributed by atoms with E-state index in [9.17, 15) is 9.90 Å². The summed E-state index contributed by atoms with van der Waals surface area (Å²) < 4.78 is 0. The van der Waals surface area contributed by atoms with Crippen LogP contribution in [0.1, 0.15) is 32.1 Å². The highest BCUT2D eigenvalue weighted by atomic mass is 16.4. The maximum absolute atomic E-state index is 11.6. The fourth-order valence-corrected chi connectivity index (χ4v) is 3.70. The van der Waals surface area contributed by atoms with Crippen LogP contribution in [-0.4, -0.2) is 34.1 Å². The van der Waals surface area contributed by atoms with Gasteiger partial charge >= 0.3 is 5.97 Å². The maximum Gasteiger partial charge on any atom is 0.308 e. The molecule has 1 atom stereocenters. The van der Waals surface area contributed by atoms with Gasteiger partial charge in [-0.1, -0.05) is 19.3 Å². The average Bonchev–Trinajstić information content (AvgIpc) is 2.80. The van der Waals surface area contributed by atoms with Crippen LogP contribution >= 0.6 is 0 Å². The lowest BCUT2D eigenvalue weighted by Crippen LogP contribution is -2.36. The molecule has 5 heteroatoms. The number of nitrogens with zero attached hydrogens (tertiary/aromatic N) is 3. The highest BCUT2D eigenvalue weighted by Crippen LogP contribution is 2.48. The second-order valence-electron chi connectivity index (χ2n) is 5.76. The summed E-state index contributed by atoms with van der Waals surface area (Å²) in [6, 6.07) is 0. The van der Waals surface area contributed by atoms with E-state index in [-0.39, 0.29) is 11.3 Å². The summed E-state index contributed by atoms with van der Waals surface area (Å²) in [6.07, 6.45) is 10.6. The maximum atomic E-state index is 11.6. The smallest absolute Gasteiger partial charge is 0.308 e. The van der Waals surface area contributed by atoms with Gasteiger partial charge in [-0.25, -0.2) is 4.98 Å². The molecule has 0 amide bonds. The topological polar surface area (TPSA) is 66.3 Å². The summed E-state index contributed by atoms with van der Waals surface area (Å²) in [5, 5.41) is 9.53. The van der Waals surface area contributed by atoms with Gasteiger partial charge in [-0.05, 0) is 12.8 Å². The minimum Gasteiger partial charge on any atom is -0.481 e. The normalized spacial score (nSPS) is 25.7. The van der Waals surface area contributed by atoms with Crippen LogP contribution in [0.2, 0.25) is 0 Å². The Hall–Kier alpha value is -1.65. The Morgan fingerprint density at radius 3 is 2.74 bits per heavy atom. The van der Waals surface area contributed by atoms with Crippen molar-refractivity contribution in [3.05, 3.63) is 18.6 Å². The zero-order valence-corrected chi connectivity index (χ0v) is 11.0. The third-order valence-corrected chi connectivity index (χ3v) is 4.67. The molecule has 2 fully saturated rings. The third-order valence-electron chi connectivity index (χ3n) is 4.67. The lowest BCUT2D eigenvalue weighted by molar-refractivity contribution is -0.145. The summed E-state index contributed by atoms with van der Waals surface area (Å²) in [5.74, 6) is -0.126. The fraction of sp³-hybridized carbons (Fsp3) is 0.643. The van der Waals surface area contributed by atoms with Gasteiger partial charge in [0.25, 0.3) is 0 Å². The van der Waals surface area contributed by atoms with E-state index in [1.54, 1.807) is 18.6 Å². The van der Waals surface area contributed by atoms with E-state index in [0.29, 0.717) is 6.54 Å². The van der Waals surface area contributed by atoms with Crippen LogP contribution in [0.15, 0.2) is 18.6 Å². The molecule has 0 bridgehead atoms. The first-order valence-corrected chi connectivity index (χ1v) is 6.95. The van der Waals surface area contributed by atoms with Gasteiger partial charge in [0.2, 0.25) is 0 Å². The van der Waals surface area contributed by atoms with Gasteiger partial charge in [0.15, 0.2) is 0 Å². The molecule has 1 saturated heterocycles. The molecule has 0 unspecified atom stereocenters. The van der Waals surface area contributed by atoms with Crippen molar-refractivity contribution in [2.24, 2.45) is 11.3 Å². The van der Waals surface area contributed by atoms with Crippen molar-refractivity contribution in [1.82, 2.24) is 9.97 Å². The van der Waals surface area contributed by atoms with Crippen LogP contribution in [0.3, 0.4) is 0 Å². The zero-order chi connectivity index (χ0) is 13.3. The summed E-state index contributed by atoms with van der Waals surface area (Å²) in [7, 11) is 0. The molecular formula is C14H19N3O2. The minimum atomic E-state index is -0.659. The molecule has 5 nitrogen and oxygen atoms in total. The van der Waals surface area contributed by atoms with Crippen molar-refractivity contribution in [2.75, 3.05) is 18.0 Å². The van der Waals surface area contributed by atoms with Crippen molar-refractivity contribution < 1.29 is 9.90 Å². The summed E-state index contributed by atoms with van der Waals surface area (Å²) in [5.41, 5.74) is -0.0540. The van der Waals surface area contributed by atoms with Crippen molar-refractivity contribution in [3.63, 3.8) is 0 Å². The first kappa shape index (κ1) is 12.4. The number of aliphatic carboxylic acids is 1. The number of hydrogen-bond donors (Lipinski definition) is 1. The molecule has 3 rings (SSSR count). The van der Waals surface area contributed by atoms with Crippen molar-refractivity contribution >= 4 is 11.8 Å². The fourth-order valence-electron chi connectivity index (χ4n) is 3.70. The van der Waals surface area contributed by atoms with Crippen LogP contribution in [0.25, 0.3) is 0 Å². The van der Waals surface area contributed by atoms with Gasteiger partial charge in [0, 0.05) is 30.9 Å². The monoisotopic (exact) mass is 261 g/mol. The molecule has 19 heavy (non-hydrogen) atoms. The number of carboxylic acids is 1. The molecule has 1 N–H and O–H groups in total. The van der Waals surface area contributed by atoms with Crippen LogP contribution in [0, 0.1) is 11.3 Å². The molecule has 1 aromatic rings. The Morgan fingerprint density at radius 2 is 2.11 bits per heavy atom. The molecule has 1 aliphatic heterocycles. The molecule has 102 valence electrons. The van der Waals surface area contributed by atoms with Gasteiger partial charge in [-0.3, -0.25) is 9.78 Å². The van der Waals surface area contributed by atoms with Gasteiger partial charge < -0.3 is 10.0 Å². The molecule has 2 heterocycles. The largest absolute Gasteiger partial charge is 0.481 e. The first-order chi connectivity index (χ1) is 9.21. The van der Waals surface area contributed by atoms with Crippen LogP contribution in [-0.2, 0) is 4.79 Å². The molecule has 1 aliphatic carbocycles. The molecule has 1 saturated carbocycles. The second kappa shape index (κ2) is 4.79. The predicted octanol–water partition coefficient (Wildman–Crippen LogP) is 1.95. The number of hydrogen-bond acceptors (Lipinski definition) is 4. The molecular weight excluding hydrogens is 242 g/mol. The van der Waals surface area contributed by atoms with E-state index < -0.39 is 5.97 Å². The van der Waals surface area contributed by atoms with E-state index in [0.717, 1.165) is 38.0 Å². The van der Waals surface area contributed by atoms with E-state index in [4.69, 9.17) is 0 Å². The van der Waals surface area contributed by atoms with Crippen molar-refractivity contribution in [3.8, 4) is 0 Å². The van der Waals surface area contributed by atoms with Gasteiger partial charge in [-0.2, -0.15) is 0 Å². The second-order valence-corrected chi connectivity index (χ2v) is 5.76. The summed E-state index contributed by atoms with van der Waals surface area (Å²) in [6.45, 7) is 1.37. The molecule has 1 aromatic heterocycles. The van der Waals surface area contributed by atoms with Gasteiger partial charge in [0.05, 0.1) is 12.1 Å². The Balaban J connectivity index is 1.86. The van der Waals surface area contributed by atoms with Gasteiger partial charge in [0.1, 0.15) is 5.82 Å². The van der Waals surface area contributed by atoms with E-state index in [1.807, 2.05) is 0 Å². The zero-order valence-electron chi connectivity index (χ0n) is 11.0. The average molecular weight is 261 g/mol. The Labute approximate surface area is 112 Å². The third kappa shape index (κ3) is 2.17. The molecule has 0 radical (unpaired) electrons. The summed E-state index contributed by atoms with van der Waals surface area (Å²) in [4.78, 5) is 22.1. The Kier molecular flexibility index (Phi) is 3.12. The van der Waals surface area contributed by atoms with Crippen LogP contribution in [0.4, 0.5) is 5.82 Å². The molecule has 1 spiro atoms. The first-order valence-electron chi connectivity index (χ1n) is 6.95. The molecule has 2 aliphatic rings. The minimum absolute atomic E-state index is 0.0540. The number of carbonyl (C=O) groups is 1. The number of aromatic nitrogens is 2. The SMILES string of the molecule is O=C(O)[C@@H]1CN(c2cnccn2)CC12CCCCC2. The van der Waals surface area contributed by atoms with Crippen LogP contribution in [0.5, 0.6) is 0 Å². The highest BCUT2D eigenvalue weighted by molar-refractivity contribution is 5.73. The van der Waals surface area contributed by atoms with Crippen LogP contribution < -0.4 is 4.90 Å². The summed E-state index contributed by atoms with van der Waals surface area (Å²) >= 11 is 0.